The number of nitrogens with one attached hydrogen (secondary N) is 1. The lowest BCUT2D eigenvalue weighted by molar-refractivity contribution is -0.274. The van der Waals surface area contributed by atoms with Crippen molar-refractivity contribution in [1.29, 1.82) is 0 Å². The molecule has 0 aliphatic heterocycles. The van der Waals surface area contributed by atoms with Crippen LogP contribution in [-0.4, -0.2) is 36.1 Å². The Morgan fingerprint density at radius 1 is 1.14 bits per heavy atom. The molecule has 14 heteroatoms. The maximum Gasteiger partial charge on any atom is 0.573 e. The lowest BCUT2D eigenvalue weighted by Crippen LogP contribution is -2.18. The van der Waals surface area contributed by atoms with Crippen LogP contribution in [0.15, 0.2) is 33.6 Å². The van der Waals surface area contributed by atoms with E-state index in [-0.39, 0.29) is 9.50 Å². The van der Waals surface area contributed by atoms with Gasteiger partial charge in [0, 0.05) is 10.5 Å². The highest BCUT2D eigenvalue weighted by molar-refractivity contribution is 9.10. The predicted molar refractivity (Wildman–Crippen MR) is 93.4 cm³/mol. The van der Waals surface area contributed by atoms with Crippen LogP contribution in [0.5, 0.6) is 17.2 Å². The first kappa shape index (κ1) is 21.9. The first-order chi connectivity index (χ1) is 12.7. The molecule has 2 rings (SSSR count). The van der Waals surface area contributed by atoms with Gasteiger partial charge in [0.15, 0.2) is 11.5 Å². The van der Waals surface area contributed by atoms with Crippen molar-refractivity contribution in [3.05, 3.63) is 39.3 Å². The largest absolute Gasteiger partial charge is 0.573 e. The quantitative estimate of drug-likeness (QED) is 0.452. The SMILES string of the molecule is O=C(O)c1cc(OC(F)(F)F)cc(NS(=O)(=O)c2cc(Br)cc(Cl)c2O)c1O. The van der Waals surface area contributed by atoms with E-state index < -0.39 is 55.7 Å². The number of phenols is 2. The molecule has 4 N–H and O–H groups in total. The van der Waals surface area contributed by atoms with E-state index >= 15 is 0 Å². The van der Waals surface area contributed by atoms with Gasteiger partial charge in [0.25, 0.3) is 10.0 Å². The molecule has 0 aliphatic rings. The van der Waals surface area contributed by atoms with Gasteiger partial charge in [-0.2, -0.15) is 0 Å². The van der Waals surface area contributed by atoms with Crippen molar-refractivity contribution in [2.45, 2.75) is 11.3 Å². The number of hydrogen-bond donors (Lipinski definition) is 4. The van der Waals surface area contributed by atoms with E-state index in [1.165, 1.54) is 6.07 Å². The van der Waals surface area contributed by atoms with Crippen LogP contribution < -0.4 is 9.46 Å². The number of ether oxygens (including phenoxy) is 1. The number of aromatic hydroxyl groups is 2. The summed E-state index contributed by atoms with van der Waals surface area (Å²) in [5.74, 6) is -5.00. The summed E-state index contributed by atoms with van der Waals surface area (Å²) >= 11 is 8.63. The van der Waals surface area contributed by atoms with Crippen molar-refractivity contribution in [2.75, 3.05) is 4.72 Å². The Bertz CT molecular complexity index is 1060. The molecule has 28 heavy (non-hydrogen) atoms. The third kappa shape index (κ3) is 4.91. The van der Waals surface area contributed by atoms with E-state index in [2.05, 4.69) is 20.7 Å². The summed E-state index contributed by atoms with van der Waals surface area (Å²) in [5, 5.41) is 28.4. The standard InChI is InChI=1S/C14H8BrClF3NO7S/c15-5-1-8(16)12(22)10(2-5)28(25,26)20-9-4-6(27-14(17,18)19)3-7(11(9)21)13(23)24/h1-4,20-22H,(H,23,24). The molecule has 0 unspecified atom stereocenters. The van der Waals surface area contributed by atoms with Crippen molar-refractivity contribution in [3.63, 3.8) is 0 Å². The minimum atomic E-state index is -5.21. The Labute approximate surface area is 168 Å². The van der Waals surface area contributed by atoms with Gasteiger partial charge < -0.3 is 20.1 Å². The number of alkyl halides is 3. The number of rotatable bonds is 5. The highest BCUT2D eigenvalue weighted by atomic mass is 79.9. The van der Waals surface area contributed by atoms with Gasteiger partial charge in [-0.1, -0.05) is 27.5 Å². The Balaban J connectivity index is 2.60. The maximum absolute atomic E-state index is 12.5. The minimum absolute atomic E-state index is 0.139. The Hall–Kier alpha value is -2.38. The molecule has 0 aliphatic carbocycles. The first-order valence-corrected chi connectivity index (χ1v) is 9.43. The molecule has 8 nitrogen and oxygen atoms in total. The zero-order chi connectivity index (χ0) is 21.4. The van der Waals surface area contributed by atoms with Crippen molar-refractivity contribution in [2.24, 2.45) is 0 Å². The molecule has 0 saturated heterocycles. The van der Waals surface area contributed by atoms with Crippen LogP contribution in [-0.2, 0) is 10.0 Å². The predicted octanol–water partition coefficient (Wildman–Crippen LogP) is 3.91. The summed E-state index contributed by atoms with van der Waals surface area (Å²) < 4.78 is 67.7. The number of carbonyl (C=O) groups is 1. The molecule has 0 amide bonds. The number of aromatic carboxylic acids is 1. The molecule has 0 atom stereocenters. The second-order valence-electron chi connectivity index (χ2n) is 5.06. The molecular weight excluding hydrogens is 499 g/mol. The van der Waals surface area contributed by atoms with Gasteiger partial charge in [0.05, 0.1) is 10.7 Å². The fraction of sp³-hybridized carbons (Fsp3) is 0.0714. The zero-order valence-electron chi connectivity index (χ0n) is 13.1. The number of anilines is 1. The Kier molecular flexibility index (Phi) is 5.92. The van der Waals surface area contributed by atoms with E-state index in [9.17, 15) is 36.6 Å². The maximum atomic E-state index is 12.5. The fourth-order valence-electron chi connectivity index (χ4n) is 1.99. The third-order valence-electron chi connectivity index (χ3n) is 3.07. The number of hydrogen-bond acceptors (Lipinski definition) is 6. The second-order valence-corrected chi connectivity index (χ2v) is 8.03. The van der Waals surface area contributed by atoms with Crippen molar-refractivity contribution >= 4 is 49.2 Å². The van der Waals surface area contributed by atoms with E-state index in [1.54, 1.807) is 4.72 Å². The molecule has 0 spiro atoms. The van der Waals surface area contributed by atoms with Crippen LogP contribution in [0.2, 0.25) is 5.02 Å². The molecule has 152 valence electrons. The van der Waals surface area contributed by atoms with E-state index in [4.69, 9.17) is 16.7 Å². The monoisotopic (exact) mass is 505 g/mol. The molecule has 0 saturated carbocycles. The van der Waals surface area contributed by atoms with Crippen LogP contribution in [0, 0.1) is 0 Å². The lowest BCUT2D eigenvalue weighted by atomic mass is 10.1. The molecule has 0 radical (unpaired) electrons. The first-order valence-electron chi connectivity index (χ1n) is 6.78. The summed E-state index contributed by atoms with van der Waals surface area (Å²) in [6.07, 6.45) is -5.21. The molecule has 0 bridgehead atoms. The highest BCUT2D eigenvalue weighted by Crippen LogP contribution is 2.39. The average Bonchev–Trinajstić information content (AvgIpc) is 2.51. The summed E-state index contributed by atoms with van der Waals surface area (Å²) in [7, 11) is -4.72. The molecule has 0 fully saturated rings. The van der Waals surface area contributed by atoms with Gasteiger partial charge >= 0.3 is 12.3 Å². The van der Waals surface area contributed by atoms with Gasteiger partial charge in [-0.3, -0.25) is 4.72 Å². The van der Waals surface area contributed by atoms with Gasteiger partial charge in [-0.05, 0) is 18.2 Å². The zero-order valence-corrected chi connectivity index (χ0v) is 16.2. The van der Waals surface area contributed by atoms with Gasteiger partial charge in [0.1, 0.15) is 16.2 Å². The van der Waals surface area contributed by atoms with Gasteiger partial charge in [-0.15, -0.1) is 13.2 Å². The van der Waals surface area contributed by atoms with Crippen LogP contribution in [0.1, 0.15) is 10.4 Å². The van der Waals surface area contributed by atoms with Crippen LogP contribution in [0.4, 0.5) is 18.9 Å². The van der Waals surface area contributed by atoms with Crippen molar-refractivity contribution in [1.82, 2.24) is 0 Å². The number of carboxylic acids is 1. The van der Waals surface area contributed by atoms with Crippen LogP contribution in [0.25, 0.3) is 0 Å². The topological polar surface area (TPSA) is 133 Å². The van der Waals surface area contributed by atoms with Crippen LogP contribution in [0.3, 0.4) is 0 Å². The molecular formula is C14H8BrClF3NO7S. The number of sulfonamides is 1. The molecule has 0 heterocycles. The van der Waals surface area contributed by atoms with Crippen molar-refractivity contribution in [3.8, 4) is 17.2 Å². The summed E-state index contributed by atoms with van der Waals surface area (Å²) in [5.41, 5.74) is -1.99. The summed E-state index contributed by atoms with van der Waals surface area (Å²) in [6.45, 7) is 0. The molecule has 2 aromatic rings. The summed E-state index contributed by atoms with van der Waals surface area (Å²) in [4.78, 5) is 10.3. The van der Waals surface area contributed by atoms with Gasteiger partial charge in [-0.25, -0.2) is 13.2 Å². The van der Waals surface area contributed by atoms with E-state index in [0.717, 1.165) is 6.07 Å². The molecule has 2 aromatic carbocycles. The average molecular weight is 507 g/mol. The van der Waals surface area contributed by atoms with Crippen LogP contribution >= 0.6 is 27.5 Å². The van der Waals surface area contributed by atoms with Crippen molar-refractivity contribution < 1.29 is 46.4 Å². The Morgan fingerprint density at radius 2 is 1.75 bits per heavy atom. The Morgan fingerprint density at radius 3 is 2.29 bits per heavy atom. The van der Waals surface area contributed by atoms with E-state index in [0.29, 0.717) is 12.1 Å². The number of phenolic OH excluding ortho intramolecular Hbond substituents is 1. The normalized spacial score (nSPS) is 11.9. The number of carboxylic acid groups (broad SMARTS) is 1. The number of halogens is 5. The number of benzene rings is 2. The smallest absolute Gasteiger partial charge is 0.505 e. The van der Waals surface area contributed by atoms with E-state index in [1.807, 2.05) is 0 Å². The minimum Gasteiger partial charge on any atom is -0.505 e. The molecule has 0 aromatic heterocycles. The second kappa shape index (κ2) is 7.56. The summed E-state index contributed by atoms with van der Waals surface area (Å²) in [6, 6.07) is 2.88. The lowest BCUT2D eigenvalue weighted by Gasteiger charge is -2.15. The fourth-order valence-corrected chi connectivity index (χ4v) is 4.21. The third-order valence-corrected chi connectivity index (χ3v) is 5.20. The van der Waals surface area contributed by atoms with Gasteiger partial charge in [0.2, 0.25) is 0 Å². The highest BCUT2D eigenvalue weighted by Gasteiger charge is 2.33.